The summed E-state index contributed by atoms with van der Waals surface area (Å²) >= 11 is 0. The van der Waals surface area contributed by atoms with Gasteiger partial charge in [0, 0.05) is 11.8 Å². The summed E-state index contributed by atoms with van der Waals surface area (Å²) in [7, 11) is 0. The van der Waals surface area contributed by atoms with Gasteiger partial charge in [0.25, 0.3) is 0 Å². The van der Waals surface area contributed by atoms with Gasteiger partial charge >= 0.3 is 0 Å². The number of aliphatic imine (C=N–C) groups is 1. The van der Waals surface area contributed by atoms with Gasteiger partial charge in [-0.3, -0.25) is 4.99 Å². The Morgan fingerprint density at radius 2 is 2.10 bits per heavy atom. The topological polar surface area (TPSA) is 68.0 Å². The number of benzene rings is 1. The van der Waals surface area contributed by atoms with Crippen LogP contribution < -0.4 is 20.1 Å². The average Bonchev–Trinajstić information content (AvgIpc) is 3.19. The molecular weight excluding hydrogens is 294 g/mol. The fraction of sp³-hybridized carbons (Fsp3) is 0.214. The lowest BCUT2D eigenvalue weighted by Crippen LogP contribution is -2.28. The van der Waals surface area contributed by atoms with Crippen LogP contribution in [0.5, 0.6) is 11.5 Å². The zero-order chi connectivity index (χ0) is 13.4. The molecule has 1 aromatic heterocycles. The molecule has 0 bridgehead atoms. The summed E-state index contributed by atoms with van der Waals surface area (Å²) in [6.07, 6.45) is 1.67. The number of guanidine groups is 1. The lowest BCUT2D eigenvalue weighted by atomic mass is 10.2. The van der Waals surface area contributed by atoms with E-state index in [4.69, 9.17) is 13.9 Å². The molecule has 6 nitrogen and oxygen atoms in total. The summed E-state index contributed by atoms with van der Waals surface area (Å²) in [6, 6.07) is 9.60. The Kier molecular flexibility index (Phi) is 3.62. The number of anilines is 1. The maximum absolute atomic E-state index is 5.38. The minimum Gasteiger partial charge on any atom is -0.467 e. The molecule has 4 rings (SSSR count). The highest BCUT2D eigenvalue weighted by molar-refractivity contribution is 5.95. The van der Waals surface area contributed by atoms with Gasteiger partial charge in [-0.1, -0.05) is 0 Å². The van der Waals surface area contributed by atoms with Gasteiger partial charge in [-0.15, -0.1) is 12.4 Å². The van der Waals surface area contributed by atoms with E-state index in [1.54, 1.807) is 6.26 Å². The molecule has 1 aromatic carbocycles. The first kappa shape index (κ1) is 13.6. The van der Waals surface area contributed by atoms with Gasteiger partial charge in [-0.2, -0.15) is 0 Å². The third-order valence-electron chi connectivity index (χ3n) is 3.26. The van der Waals surface area contributed by atoms with Gasteiger partial charge in [-0.05, 0) is 24.3 Å². The van der Waals surface area contributed by atoms with Crippen LogP contribution in [-0.2, 0) is 0 Å². The molecular formula is C14H14ClN3O3. The van der Waals surface area contributed by atoms with Crippen molar-refractivity contribution in [3.63, 3.8) is 0 Å². The lowest BCUT2D eigenvalue weighted by Gasteiger charge is -2.11. The predicted octanol–water partition coefficient (Wildman–Crippen LogP) is 2.54. The predicted molar refractivity (Wildman–Crippen MR) is 80.3 cm³/mol. The number of nitrogens with zero attached hydrogens (tertiary/aromatic N) is 1. The normalized spacial score (nSPS) is 18.7. The van der Waals surface area contributed by atoms with Crippen LogP contribution in [0.2, 0.25) is 0 Å². The van der Waals surface area contributed by atoms with E-state index in [-0.39, 0.29) is 25.2 Å². The maximum atomic E-state index is 5.38. The van der Waals surface area contributed by atoms with Crippen LogP contribution in [0.15, 0.2) is 46.0 Å². The molecule has 21 heavy (non-hydrogen) atoms. The quantitative estimate of drug-likeness (QED) is 0.892. The fourth-order valence-electron chi connectivity index (χ4n) is 2.28. The number of hydrogen-bond donors (Lipinski definition) is 2. The Hall–Kier alpha value is -2.34. The summed E-state index contributed by atoms with van der Waals surface area (Å²) < 4.78 is 16.0. The van der Waals surface area contributed by atoms with E-state index in [0.29, 0.717) is 6.54 Å². The lowest BCUT2D eigenvalue weighted by molar-refractivity contribution is 0.174. The number of halogens is 1. The minimum atomic E-state index is 0. The highest BCUT2D eigenvalue weighted by Crippen LogP contribution is 2.34. The van der Waals surface area contributed by atoms with E-state index in [1.165, 1.54) is 0 Å². The molecule has 0 amide bonds. The van der Waals surface area contributed by atoms with Crippen molar-refractivity contribution in [2.45, 2.75) is 6.04 Å². The summed E-state index contributed by atoms with van der Waals surface area (Å²) in [5, 5.41) is 6.51. The second-order valence-corrected chi connectivity index (χ2v) is 4.59. The van der Waals surface area contributed by atoms with Crippen molar-refractivity contribution in [2.24, 2.45) is 4.99 Å². The van der Waals surface area contributed by atoms with Crippen molar-refractivity contribution >= 4 is 24.1 Å². The van der Waals surface area contributed by atoms with Crippen molar-refractivity contribution in [3.05, 3.63) is 42.4 Å². The summed E-state index contributed by atoms with van der Waals surface area (Å²) in [6.45, 7) is 0.930. The number of nitrogens with one attached hydrogen (secondary N) is 2. The molecule has 2 aromatic rings. The molecule has 0 radical (unpaired) electrons. The van der Waals surface area contributed by atoms with Crippen LogP contribution in [0.1, 0.15) is 11.8 Å². The third kappa shape index (κ3) is 2.62. The maximum Gasteiger partial charge on any atom is 0.231 e. The molecule has 0 spiro atoms. The van der Waals surface area contributed by atoms with Crippen LogP contribution in [0.3, 0.4) is 0 Å². The average molecular weight is 308 g/mol. The van der Waals surface area contributed by atoms with Gasteiger partial charge in [0.1, 0.15) is 11.8 Å². The summed E-state index contributed by atoms with van der Waals surface area (Å²) in [4.78, 5) is 4.42. The van der Waals surface area contributed by atoms with Crippen LogP contribution >= 0.6 is 12.4 Å². The zero-order valence-electron chi connectivity index (χ0n) is 11.0. The second-order valence-electron chi connectivity index (χ2n) is 4.59. The Bertz CT molecular complexity index is 657. The first-order chi connectivity index (χ1) is 9.88. The first-order valence-corrected chi connectivity index (χ1v) is 6.39. The number of hydrogen-bond acceptors (Lipinski definition) is 6. The third-order valence-corrected chi connectivity index (χ3v) is 3.26. The molecule has 0 saturated carbocycles. The van der Waals surface area contributed by atoms with Crippen LogP contribution in [-0.4, -0.2) is 19.3 Å². The molecule has 1 atom stereocenters. The Morgan fingerprint density at radius 3 is 2.95 bits per heavy atom. The molecule has 1 unspecified atom stereocenters. The van der Waals surface area contributed by atoms with Crippen molar-refractivity contribution < 1.29 is 13.9 Å². The Labute approximate surface area is 127 Å². The Morgan fingerprint density at radius 1 is 1.19 bits per heavy atom. The molecule has 2 N–H and O–H groups in total. The highest BCUT2D eigenvalue weighted by Gasteiger charge is 2.22. The molecule has 3 heterocycles. The molecule has 110 valence electrons. The SMILES string of the molecule is Cl.c1coc(C2CN=C(Nc3ccc4c(c3)OCO4)N2)c1. The van der Waals surface area contributed by atoms with Gasteiger partial charge in [0.05, 0.1) is 12.8 Å². The van der Waals surface area contributed by atoms with E-state index in [2.05, 4.69) is 15.6 Å². The molecule has 7 heteroatoms. The number of furan rings is 1. The first-order valence-electron chi connectivity index (χ1n) is 6.39. The van der Waals surface area contributed by atoms with E-state index in [1.807, 2.05) is 30.3 Å². The highest BCUT2D eigenvalue weighted by atomic mass is 35.5. The van der Waals surface area contributed by atoms with Gasteiger partial charge < -0.3 is 24.5 Å². The molecule has 2 aliphatic rings. The van der Waals surface area contributed by atoms with E-state index < -0.39 is 0 Å². The smallest absolute Gasteiger partial charge is 0.231 e. The van der Waals surface area contributed by atoms with Crippen LogP contribution in [0.25, 0.3) is 0 Å². The molecule has 0 aliphatic carbocycles. The molecule has 2 aliphatic heterocycles. The van der Waals surface area contributed by atoms with E-state index >= 15 is 0 Å². The van der Waals surface area contributed by atoms with Crippen molar-refractivity contribution in [1.82, 2.24) is 5.32 Å². The number of ether oxygens (including phenoxy) is 2. The van der Waals surface area contributed by atoms with E-state index in [9.17, 15) is 0 Å². The largest absolute Gasteiger partial charge is 0.467 e. The van der Waals surface area contributed by atoms with Gasteiger partial charge in [-0.25, -0.2) is 0 Å². The fourth-order valence-corrected chi connectivity index (χ4v) is 2.28. The van der Waals surface area contributed by atoms with Crippen LogP contribution in [0.4, 0.5) is 5.69 Å². The zero-order valence-corrected chi connectivity index (χ0v) is 11.9. The number of rotatable bonds is 2. The van der Waals surface area contributed by atoms with Gasteiger partial charge in [0.15, 0.2) is 17.5 Å². The monoisotopic (exact) mass is 307 g/mol. The van der Waals surface area contributed by atoms with Gasteiger partial charge in [0.2, 0.25) is 6.79 Å². The Balaban J connectivity index is 0.00000132. The summed E-state index contributed by atoms with van der Waals surface area (Å²) in [5.41, 5.74) is 0.903. The van der Waals surface area contributed by atoms with E-state index in [0.717, 1.165) is 28.9 Å². The second kappa shape index (κ2) is 5.57. The molecule has 0 saturated heterocycles. The van der Waals surface area contributed by atoms with Crippen molar-refractivity contribution in [1.29, 1.82) is 0 Å². The van der Waals surface area contributed by atoms with Crippen LogP contribution in [0, 0.1) is 0 Å². The standard InChI is InChI=1S/C14H13N3O3.ClH/c1-2-11(18-5-1)10-7-15-14(17-10)16-9-3-4-12-13(6-9)20-8-19-12;/h1-6,10H,7-8H2,(H2,15,16,17);1H. The van der Waals surface area contributed by atoms with Crippen molar-refractivity contribution in [3.8, 4) is 11.5 Å². The summed E-state index contributed by atoms with van der Waals surface area (Å²) in [5.74, 6) is 3.13. The number of fused-ring (bicyclic) bond motifs is 1. The minimum absolute atomic E-state index is 0. The molecule has 0 fully saturated rings. The van der Waals surface area contributed by atoms with Crippen molar-refractivity contribution in [2.75, 3.05) is 18.7 Å².